The number of guanidine groups is 1. The van der Waals surface area contributed by atoms with Gasteiger partial charge in [-0.2, -0.15) is 5.26 Å². The molecule has 0 saturated carbocycles. The van der Waals surface area contributed by atoms with Crippen molar-refractivity contribution in [1.29, 1.82) is 5.26 Å². The zero-order valence-electron chi connectivity index (χ0n) is 17.3. The number of nitriles is 1. The van der Waals surface area contributed by atoms with E-state index in [1.807, 2.05) is 31.2 Å². The minimum Gasteiger partial charge on any atom is -0.379 e. The first kappa shape index (κ1) is 21.8. The average molecular weight is 410 g/mol. The van der Waals surface area contributed by atoms with Crippen molar-refractivity contribution in [1.82, 2.24) is 15.5 Å². The number of hydrogen-bond donors (Lipinski definition) is 2. The normalized spacial score (nSPS) is 16.0. The van der Waals surface area contributed by atoms with Crippen molar-refractivity contribution in [3.05, 3.63) is 71.0 Å². The fourth-order valence-corrected chi connectivity index (χ4v) is 3.42. The van der Waals surface area contributed by atoms with Gasteiger partial charge in [-0.25, -0.2) is 9.38 Å². The number of benzene rings is 2. The summed E-state index contributed by atoms with van der Waals surface area (Å²) >= 11 is 0. The van der Waals surface area contributed by atoms with Crippen molar-refractivity contribution in [3.63, 3.8) is 0 Å². The lowest BCUT2D eigenvalue weighted by molar-refractivity contribution is 0.0170. The highest BCUT2D eigenvalue weighted by molar-refractivity contribution is 5.79. The van der Waals surface area contributed by atoms with E-state index in [9.17, 15) is 4.39 Å². The van der Waals surface area contributed by atoms with Gasteiger partial charge in [0.05, 0.1) is 37.4 Å². The zero-order valence-corrected chi connectivity index (χ0v) is 17.3. The highest BCUT2D eigenvalue weighted by Gasteiger charge is 2.23. The van der Waals surface area contributed by atoms with Gasteiger partial charge in [-0.3, -0.25) is 4.90 Å². The van der Waals surface area contributed by atoms with Crippen LogP contribution in [0.3, 0.4) is 0 Å². The van der Waals surface area contributed by atoms with Crippen LogP contribution >= 0.6 is 0 Å². The Bertz CT molecular complexity index is 855. The van der Waals surface area contributed by atoms with E-state index in [1.54, 1.807) is 12.1 Å². The number of nitrogens with one attached hydrogen (secondary N) is 2. The van der Waals surface area contributed by atoms with Gasteiger partial charge < -0.3 is 15.4 Å². The minimum absolute atomic E-state index is 0.0910. The van der Waals surface area contributed by atoms with Crippen molar-refractivity contribution in [2.45, 2.75) is 19.5 Å². The van der Waals surface area contributed by atoms with Crippen LogP contribution in [0.5, 0.6) is 0 Å². The Morgan fingerprint density at radius 2 is 1.83 bits per heavy atom. The third-order valence-electron chi connectivity index (χ3n) is 5.05. The third kappa shape index (κ3) is 6.28. The van der Waals surface area contributed by atoms with Crippen molar-refractivity contribution in [2.24, 2.45) is 4.99 Å². The van der Waals surface area contributed by atoms with Crippen LogP contribution in [0.4, 0.5) is 4.39 Å². The molecule has 1 aliphatic heterocycles. The van der Waals surface area contributed by atoms with E-state index in [2.05, 4.69) is 26.6 Å². The summed E-state index contributed by atoms with van der Waals surface area (Å²) in [7, 11) is 0. The molecule has 0 aliphatic carbocycles. The van der Waals surface area contributed by atoms with Gasteiger partial charge in [0.25, 0.3) is 0 Å². The molecule has 6 nitrogen and oxygen atoms in total. The molecule has 1 atom stereocenters. The summed E-state index contributed by atoms with van der Waals surface area (Å²) in [6.07, 6.45) is 0. The summed E-state index contributed by atoms with van der Waals surface area (Å²) in [5, 5.41) is 15.6. The summed E-state index contributed by atoms with van der Waals surface area (Å²) in [4.78, 5) is 7.03. The van der Waals surface area contributed by atoms with Gasteiger partial charge >= 0.3 is 0 Å². The van der Waals surface area contributed by atoms with Crippen LogP contribution < -0.4 is 10.6 Å². The maximum atomic E-state index is 13.4. The summed E-state index contributed by atoms with van der Waals surface area (Å²) in [5.41, 5.74) is 2.74. The Morgan fingerprint density at radius 3 is 2.47 bits per heavy atom. The molecule has 7 heteroatoms. The summed E-state index contributed by atoms with van der Waals surface area (Å²) in [6, 6.07) is 16.4. The third-order valence-corrected chi connectivity index (χ3v) is 5.05. The Hall–Kier alpha value is -2.95. The molecular weight excluding hydrogens is 381 g/mol. The standard InChI is InChI=1S/C23H28FN5O/c1-2-26-23(27-16-19-5-3-18(15-25)4-6-19)28-17-22(29-11-13-30-14-12-29)20-7-9-21(24)10-8-20/h3-10,22H,2,11-14,16-17H2,1H3,(H2,26,27,28). The number of morpholine rings is 1. The first-order valence-electron chi connectivity index (χ1n) is 10.3. The van der Waals surface area contributed by atoms with Gasteiger partial charge in [-0.05, 0) is 42.3 Å². The first-order chi connectivity index (χ1) is 14.7. The lowest BCUT2D eigenvalue weighted by Gasteiger charge is -2.35. The maximum absolute atomic E-state index is 13.4. The van der Waals surface area contributed by atoms with Crippen LogP contribution in [0.2, 0.25) is 0 Å². The molecule has 3 rings (SSSR count). The Morgan fingerprint density at radius 1 is 1.13 bits per heavy atom. The van der Waals surface area contributed by atoms with E-state index in [0.717, 1.165) is 36.7 Å². The number of nitrogens with zero attached hydrogens (tertiary/aromatic N) is 3. The molecule has 0 aromatic heterocycles. The van der Waals surface area contributed by atoms with E-state index in [4.69, 9.17) is 10.00 Å². The van der Waals surface area contributed by atoms with Crippen molar-refractivity contribution in [3.8, 4) is 6.07 Å². The molecule has 1 unspecified atom stereocenters. The molecule has 30 heavy (non-hydrogen) atoms. The Kier molecular flexibility index (Phi) is 8.19. The fraction of sp³-hybridized carbons (Fsp3) is 0.391. The number of rotatable bonds is 7. The summed E-state index contributed by atoms with van der Waals surface area (Å²) in [6.45, 7) is 7.00. The molecule has 1 fully saturated rings. The molecule has 0 bridgehead atoms. The van der Waals surface area contributed by atoms with Gasteiger partial charge in [0.15, 0.2) is 5.96 Å². The summed E-state index contributed by atoms with van der Waals surface area (Å²) in [5.74, 6) is 0.493. The van der Waals surface area contributed by atoms with Crippen LogP contribution in [0.15, 0.2) is 53.5 Å². The minimum atomic E-state index is -0.232. The number of hydrogen-bond acceptors (Lipinski definition) is 4. The zero-order chi connectivity index (χ0) is 21.2. The second kappa shape index (κ2) is 11.3. The van der Waals surface area contributed by atoms with Gasteiger partial charge in [-0.1, -0.05) is 24.3 Å². The molecular formula is C23H28FN5O. The van der Waals surface area contributed by atoms with Crippen molar-refractivity contribution < 1.29 is 9.13 Å². The molecule has 0 amide bonds. The van der Waals surface area contributed by atoms with Crippen LogP contribution in [0.25, 0.3) is 0 Å². The van der Waals surface area contributed by atoms with Crippen LogP contribution in [-0.4, -0.2) is 50.3 Å². The Balaban J connectivity index is 1.69. The van der Waals surface area contributed by atoms with E-state index in [0.29, 0.717) is 31.9 Å². The quantitative estimate of drug-likeness (QED) is 0.544. The van der Waals surface area contributed by atoms with Crippen LogP contribution in [0.1, 0.15) is 29.7 Å². The van der Waals surface area contributed by atoms with Crippen LogP contribution in [-0.2, 0) is 11.3 Å². The largest absolute Gasteiger partial charge is 0.379 e. The molecule has 1 saturated heterocycles. The maximum Gasteiger partial charge on any atom is 0.191 e. The first-order valence-corrected chi connectivity index (χ1v) is 10.3. The van der Waals surface area contributed by atoms with Gasteiger partial charge in [0.1, 0.15) is 5.82 Å². The predicted molar refractivity (Wildman–Crippen MR) is 116 cm³/mol. The smallest absolute Gasteiger partial charge is 0.191 e. The van der Waals surface area contributed by atoms with E-state index < -0.39 is 0 Å². The second-order valence-electron chi connectivity index (χ2n) is 7.10. The molecule has 2 N–H and O–H groups in total. The predicted octanol–water partition coefficient (Wildman–Crippen LogP) is 2.83. The highest BCUT2D eigenvalue weighted by Crippen LogP contribution is 2.21. The average Bonchev–Trinajstić information content (AvgIpc) is 2.79. The Labute approximate surface area is 177 Å². The van der Waals surface area contributed by atoms with Crippen LogP contribution in [0, 0.1) is 17.1 Å². The second-order valence-corrected chi connectivity index (χ2v) is 7.10. The fourth-order valence-electron chi connectivity index (χ4n) is 3.42. The summed E-state index contributed by atoms with van der Waals surface area (Å²) < 4.78 is 18.9. The number of halogens is 1. The van der Waals surface area contributed by atoms with Gasteiger partial charge in [0, 0.05) is 26.2 Å². The van der Waals surface area contributed by atoms with Crippen molar-refractivity contribution in [2.75, 3.05) is 39.4 Å². The van der Waals surface area contributed by atoms with Gasteiger partial charge in [0.2, 0.25) is 0 Å². The molecule has 158 valence electrons. The number of aliphatic imine (C=N–C) groups is 1. The molecule has 1 aliphatic rings. The molecule has 1 heterocycles. The highest BCUT2D eigenvalue weighted by atomic mass is 19.1. The number of ether oxygens (including phenoxy) is 1. The SMILES string of the molecule is CCNC(=NCc1ccc(C#N)cc1)NCC(c1ccc(F)cc1)N1CCOCC1. The molecule has 0 spiro atoms. The van der Waals surface area contributed by atoms with E-state index >= 15 is 0 Å². The van der Waals surface area contributed by atoms with Crippen molar-refractivity contribution >= 4 is 5.96 Å². The van der Waals surface area contributed by atoms with E-state index in [1.165, 1.54) is 12.1 Å². The monoisotopic (exact) mass is 409 g/mol. The lowest BCUT2D eigenvalue weighted by atomic mass is 10.0. The lowest BCUT2D eigenvalue weighted by Crippen LogP contribution is -2.46. The van der Waals surface area contributed by atoms with Gasteiger partial charge in [-0.15, -0.1) is 0 Å². The van der Waals surface area contributed by atoms with E-state index in [-0.39, 0.29) is 11.9 Å². The topological polar surface area (TPSA) is 72.7 Å². The molecule has 2 aromatic rings. The molecule has 2 aromatic carbocycles. The molecule has 0 radical (unpaired) electrons.